The third-order valence-electron chi connectivity index (χ3n) is 1.82. The van der Waals surface area contributed by atoms with Gasteiger partial charge in [-0.25, -0.2) is 4.98 Å². The minimum absolute atomic E-state index is 0.461. The number of carbonyl (C=O) groups excluding carboxylic acids is 1. The average molecular weight is 231 g/mol. The third kappa shape index (κ3) is 3.28. The number of thioether (sulfide) groups is 1. The van der Waals surface area contributed by atoms with Crippen LogP contribution in [0.25, 0.3) is 0 Å². The predicted molar refractivity (Wildman–Crippen MR) is 59.2 cm³/mol. The highest BCUT2D eigenvalue weighted by molar-refractivity contribution is 8.00. The summed E-state index contributed by atoms with van der Waals surface area (Å²) in [5.41, 5.74) is 9.93. The van der Waals surface area contributed by atoms with Crippen molar-refractivity contribution < 1.29 is 4.79 Å². The average Bonchev–Trinajstić information content (AvgIpc) is 2.56. The molecule has 1 atom stereocenters. The number of carbonyl (C=O) groups is 1. The first-order valence-corrected chi connectivity index (χ1v) is 6.00. The number of rotatable bonds is 5. The summed E-state index contributed by atoms with van der Waals surface area (Å²) >= 11 is 3.17. The van der Waals surface area contributed by atoms with Gasteiger partial charge in [-0.3, -0.25) is 4.79 Å². The second-order valence-electron chi connectivity index (χ2n) is 3.18. The number of amides is 1. The van der Waals surface area contributed by atoms with E-state index in [2.05, 4.69) is 4.98 Å². The van der Waals surface area contributed by atoms with Crippen molar-refractivity contribution in [1.82, 2.24) is 4.98 Å². The molecule has 0 saturated heterocycles. The number of nitrogens with two attached hydrogens (primary N) is 2. The summed E-state index contributed by atoms with van der Waals surface area (Å²) in [5.74, 6) is 0.293. The zero-order chi connectivity index (χ0) is 10.6. The molecule has 0 saturated carbocycles. The van der Waals surface area contributed by atoms with E-state index < -0.39 is 11.4 Å². The zero-order valence-corrected chi connectivity index (χ0v) is 9.53. The maximum Gasteiger partial charge on any atom is 0.237 e. The van der Waals surface area contributed by atoms with E-state index in [4.69, 9.17) is 11.5 Å². The molecule has 1 unspecified atom stereocenters. The molecule has 4 nitrogen and oxygen atoms in total. The molecule has 1 rings (SSSR count). The van der Waals surface area contributed by atoms with Gasteiger partial charge in [0.15, 0.2) is 0 Å². The molecule has 0 aliphatic heterocycles. The third-order valence-corrected chi connectivity index (χ3v) is 3.79. The Balaban J connectivity index is 2.31. The van der Waals surface area contributed by atoms with Gasteiger partial charge >= 0.3 is 0 Å². The summed E-state index contributed by atoms with van der Waals surface area (Å²) < 4.78 is 0.991. The largest absolute Gasteiger partial charge is 0.368 e. The van der Waals surface area contributed by atoms with E-state index in [-0.39, 0.29) is 0 Å². The molecule has 78 valence electrons. The van der Waals surface area contributed by atoms with Crippen molar-refractivity contribution in [3.63, 3.8) is 0 Å². The van der Waals surface area contributed by atoms with Crippen LogP contribution < -0.4 is 11.5 Å². The summed E-state index contributed by atoms with van der Waals surface area (Å²) in [6.07, 6.45) is 2.31. The van der Waals surface area contributed by atoms with Gasteiger partial charge in [-0.2, -0.15) is 0 Å². The Morgan fingerprint density at radius 1 is 1.79 bits per heavy atom. The lowest BCUT2D eigenvalue weighted by Gasteiger charge is -2.19. The van der Waals surface area contributed by atoms with Crippen LogP contribution in [-0.2, 0) is 4.79 Å². The fourth-order valence-electron chi connectivity index (χ4n) is 0.755. The fraction of sp³-hybridized carbons (Fsp3) is 0.500. The Morgan fingerprint density at radius 2 is 2.50 bits per heavy atom. The van der Waals surface area contributed by atoms with Crippen LogP contribution in [0.4, 0.5) is 0 Å². The lowest BCUT2D eigenvalue weighted by Crippen LogP contribution is -2.49. The monoisotopic (exact) mass is 231 g/mol. The highest BCUT2D eigenvalue weighted by Gasteiger charge is 2.24. The lowest BCUT2D eigenvalue weighted by molar-refractivity contribution is -0.122. The van der Waals surface area contributed by atoms with Crippen molar-refractivity contribution in [2.75, 3.05) is 5.75 Å². The molecule has 6 heteroatoms. The molecule has 0 aliphatic rings. The van der Waals surface area contributed by atoms with Gasteiger partial charge in [-0.05, 0) is 13.3 Å². The molecule has 1 heterocycles. The lowest BCUT2D eigenvalue weighted by atomic mass is 10.0. The van der Waals surface area contributed by atoms with E-state index >= 15 is 0 Å². The van der Waals surface area contributed by atoms with Crippen LogP contribution in [0, 0.1) is 0 Å². The van der Waals surface area contributed by atoms with E-state index in [0.29, 0.717) is 6.42 Å². The number of hydrogen-bond acceptors (Lipinski definition) is 5. The number of thiazole rings is 1. The maximum atomic E-state index is 10.9. The number of primary amides is 1. The Hall–Kier alpha value is -0.590. The van der Waals surface area contributed by atoms with E-state index in [0.717, 1.165) is 10.1 Å². The second kappa shape index (κ2) is 4.77. The maximum absolute atomic E-state index is 10.9. The molecular formula is C8H13N3OS2. The molecule has 1 amide bonds. The van der Waals surface area contributed by atoms with Crippen molar-refractivity contribution in [1.29, 1.82) is 0 Å². The summed E-state index contributed by atoms with van der Waals surface area (Å²) in [6, 6.07) is 0. The Morgan fingerprint density at radius 3 is 3.00 bits per heavy atom. The number of aromatic nitrogens is 1. The van der Waals surface area contributed by atoms with Crippen molar-refractivity contribution >= 4 is 29.0 Å². The first kappa shape index (κ1) is 11.5. The zero-order valence-electron chi connectivity index (χ0n) is 7.90. The van der Waals surface area contributed by atoms with E-state index in [1.165, 1.54) is 0 Å². The Kier molecular flexibility index (Phi) is 3.91. The minimum Gasteiger partial charge on any atom is -0.368 e. The normalized spacial score (nSPS) is 15.0. The molecule has 0 bridgehead atoms. The van der Waals surface area contributed by atoms with E-state index in [1.54, 1.807) is 36.2 Å². The molecule has 0 radical (unpaired) electrons. The topological polar surface area (TPSA) is 82.0 Å². The van der Waals surface area contributed by atoms with Gasteiger partial charge in [0.1, 0.15) is 4.34 Å². The van der Waals surface area contributed by atoms with Crippen LogP contribution >= 0.6 is 23.1 Å². The van der Waals surface area contributed by atoms with Gasteiger partial charge in [-0.15, -0.1) is 11.3 Å². The van der Waals surface area contributed by atoms with Crippen molar-refractivity contribution in [2.45, 2.75) is 23.2 Å². The van der Waals surface area contributed by atoms with Crippen LogP contribution in [0.1, 0.15) is 13.3 Å². The summed E-state index contributed by atoms with van der Waals surface area (Å²) in [5, 5.41) is 1.91. The molecule has 1 aromatic heterocycles. The Bertz CT molecular complexity index is 298. The molecule has 0 aromatic carbocycles. The molecular weight excluding hydrogens is 218 g/mol. The summed E-state index contributed by atoms with van der Waals surface area (Å²) in [7, 11) is 0. The number of nitrogens with zero attached hydrogens (tertiary/aromatic N) is 1. The first-order valence-electron chi connectivity index (χ1n) is 4.13. The molecule has 0 spiro atoms. The van der Waals surface area contributed by atoms with Crippen molar-refractivity contribution in [3.8, 4) is 0 Å². The van der Waals surface area contributed by atoms with Crippen molar-refractivity contribution in [3.05, 3.63) is 11.6 Å². The predicted octanol–water partition coefficient (Wildman–Crippen LogP) is 0.828. The van der Waals surface area contributed by atoms with Crippen LogP contribution in [0.2, 0.25) is 0 Å². The van der Waals surface area contributed by atoms with E-state index in [9.17, 15) is 4.79 Å². The molecule has 0 aliphatic carbocycles. The minimum atomic E-state index is -0.912. The first-order chi connectivity index (χ1) is 6.52. The van der Waals surface area contributed by atoms with Crippen LogP contribution in [0.5, 0.6) is 0 Å². The van der Waals surface area contributed by atoms with E-state index in [1.807, 2.05) is 5.38 Å². The quantitative estimate of drug-likeness (QED) is 0.735. The molecule has 14 heavy (non-hydrogen) atoms. The summed E-state index contributed by atoms with van der Waals surface area (Å²) in [6.45, 7) is 1.65. The number of hydrogen-bond donors (Lipinski definition) is 2. The van der Waals surface area contributed by atoms with Crippen LogP contribution in [-0.4, -0.2) is 22.2 Å². The van der Waals surface area contributed by atoms with Crippen LogP contribution in [0.15, 0.2) is 15.9 Å². The molecule has 0 fully saturated rings. The SMILES string of the molecule is CC(N)(CCSc1nccs1)C(N)=O. The van der Waals surface area contributed by atoms with Gasteiger partial charge in [0.2, 0.25) is 5.91 Å². The molecule has 4 N–H and O–H groups in total. The Labute approximate surface area is 91.1 Å². The smallest absolute Gasteiger partial charge is 0.237 e. The van der Waals surface area contributed by atoms with Crippen LogP contribution in [0.3, 0.4) is 0 Å². The standard InChI is InChI=1S/C8H13N3OS2/c1-8(10,6(9)12)2-4-13-7-11-3-5-14-7/h3,5H,2,4,10H2,1H3,(H2,9,12). The van der Waals surface area contributed by atoms with Gasteiger partial charge in [0, 0.05) is 17.3 Å². The van der Waals surface area contributed by atoms with Crippen molar-refractivity contribution in [2.24, 2.45) is 11.5 Å². The molecule has 1 aromatic rings. The highest BCUT2D eigenvalue weighted by Crippen LogP contribution is 2.22. The van der Waals surface area contributed by atoms with Gasteiger partial charge in [-0.1, -0.05) is 11.8 Å². The highest BCUT2D eigenvalue weighted by atomic mass is 32.2. The van der Waals surface area contributed by atoms with Gasteiger partial charge in [0.25, 0.3) is 0 Å². The fourth-order valence-corrected chi connectivity index (χ4v) is 2.64. The van der Waals surface area contributed by atoms with Gasteiger partial charge in [0.05, 0.1) is 5.54 Å². The second-order valence-corrected chi connectivity index (χ2v) is 5.41. The summed E-state index contributed by atoms with van der Waals surface area (Å²) in [4.78, 5) is 15.0. The van der Waals surface area contributed by atoms with Gasteiger partial charge < -0.3 is 11.5 Å².